The van der Waals surface area contributed by atoms with Crippen molar-refractivity contribution in [3.8, 4) is 0 Å². The smallest absolute Gasteiger partial charge is 0.413 e. The third-order valence-corrected chi connectivity index (χ3v) is 2.53. The molecule has 2 atom stereocenters. The van der Waals surface area contributed by atoms with Gasteiger partial charge in [0, 0.05) is 11.1 Å². The van der Waals surface area contributed by atoms with Crippen molar-refractivity contribution >= 4 is 22.2 Å². The van der Waals surface area contributed by atoms with Crippen LogP contribution in [0.4, 0.5) is 26.3 Å². The van der Waals surface area contributed by atoms with Crippen molar-refractivity contribution in [2.45, 2.75) is 16.4 Å². The van der Waals surface area contributed by atoms with E-state index < -0.39 is 38.6 Å². The minimum atomic E-state index is -6.49. The summed E-state index contributed by atoms with van der Waals surface area (Å²) in [6.45, 7) is 0. The minimum absolute atomic E-state index is 4.65. The van der Waals surface area contributed by atoms with Crippen LogP contribution in [0.1, 0.15) is 0 Å². The van der Waals surface area contributed by atoms with E-state index in [9.17, 15) is 39.3 Å². The van der Waals surface area contributed by atoms with E-state index in [1.54, 1.807) is 0 Å². The second-order valence-electron chi connectivity index (χ2n) is 2.09. The van der Waals surface area contributed by atoms with Crippen molar-refractivity contribution in [1.82, 2.24) is 0 Å². The first kappa shape index (κ1) is 14.8. The lowest BCUT2D eigenvalue weighted by Crippen LogP contribution is -2.57. The monoisotopic (exact) mass is 279 g/mol. The van der Waals surface area contributed by atoms with Crippen molar-refractivity contribution in [3.05, 3.63) is 0 Å². The predicted octanol–water partition coefficient (Wildman–Crippen LogP) is 0.908. The van der Waals surface area contributed by atoms with E-state index in [-0.39, 0.29) is 0 Å². The molecule has 0 aliphatic rings. The Morgan fingerprint density at radius 2 is 1.27 bits per heavy atom. The van der Waals surface area contributed by atoms with Crippen LogP contribution in [0.5, 0.6) is 0 Å². The highest BCUT2D eigenvalue weighted by atomic mass is 32.2. The van der Waals surface area contributed by atoms with Crippen LogP contribution in [0.25, 0.3) is 0 Å². The Morgan fingerprint density at radius 1 is 0.933 bits per heavy atom. The molecule has 0 saturated carbocycles. The third-order valence-electron chi connectivity index (χ3n) is 1.16. The summed E-state index contributed by atoms with van der Waals surface area (Å²) in [4.78, 5) is 0. The van der Waals surface area contributed by atoms with Gasteiger partial charge in [-0.3, -0.25) is 4.21 Å². The highest BCUT2D eigenvalue weighted by Gasteiger charge is 2.75. The number of alkyl halides is 6. The van der Waals surface area contributed by atoms with E-state index in [1.165, 1.54) is 0 Å². The Morgan fingerprint density at radius 3 is 1.47 bits per heavy atom. The van der Waals surface area contributed by atoms with Gasteiger partial charge in [0.15, 0.2) is 0 Å². The second-order valence-corrected chi connectivity index (χ2v) is 4.08. The molecule has 2 unspecified atom stereocenters. The molecule has 0 aliphatic heterocycles. The molecule has 4 nitrogen and oxygen atoms in total. The molecule has 0 aromatic rings. The molecule has 0 fully saturated rings. The molecule has 0 aliphatic carbocycles. The molecular weight excluding hydrogens is 278 g/mol. The van der Waals surface area contributed by atoms with E-state index in [0.717, 1.165) is 0 Å². The van der Waals surface area contributed by atoms with E-state index in [4.69, 9.17) is 4.55 Å². The Balaban J connectivity index is 5.50. The Labute approximate surface area is 83.2 Å². The Bertz CT molecular complexity index is 275. The molecule has 0 amide bonds. The van der Waals surface area contributed by atoms with Crippen LogP contribution >= 0.6 is 0 Å². The van der Waals surface area contributed by atoms with Crippen LogP contribution in [-0.4, -0.2) is 34.0 Å². The fourth-order valence-corrected chi connectivity index (χ4v) is 1.13. The van der Waals surface area contributed by atoms with Gasteiger partial charge in [-0.05, 0) is 0 Å². The molecule has 0 saturated heterocycles. The Hall–Kier alpha value is -0.200. The third kappa shape index (κ3) is 2.16. The van der Waals surface area contributed by atoms with Crippen molar-refractivity contribution in [3.63, 3.8) is 0 Å². The molecule has 0 radical (unpaired) electrons. The Kier molecular flexibility index (Phi) is 3.94. The van der Waals surface area contributed by atoms with Gasteiger partial charge >= 0.3 is 16.4 Å². The summed E-state index contributed by atoms with van der Waals surface area (Å²) in [6.07, 6.45) is 0. The maximum atomic E-state index is 12.2. The van der Waals surface area contributed by atoms with Crippen LogP contribution in [0.15, 0.2) is 0 Å². The van der Waals surface area contributed by atoms with E-state index in [1.807, 2.05) is 0 Å². The van der Waals surface area contributed by atoms with Crippen LogP contribution in [0.3, 0.4) is 0 Å². The zero-order chi connectivity index (χ0) is 12.7. The van der Waals surface area contributed by atoms with Gasteiger partial charge in [0.2, 0.25) is 11.1 Å². The van der Waals surface area contributed by atoms with Gasteiger partial charge in [0.05, 0.1) is 0 Å². The van der Waals surface area contributed by atoms with Crippen molar-refractivity contribution in [1.29, 1.82) is 0 Å². The molecular formula is C3HF6O4S2-. The standard InChI is InChI=1S/C3H2F6O4S2/c4-1(5,2(6,7)14(10)11)3(8,9)15(12)13/h(H,10,11)(H,12,13)/p-1. The zero-order valence-corrected chi connectivity index (χ0v) is 7.89. The predicted molar refractivity (Wildman–Crippen MR) is 34.5 cm³/mol. The molecule has 15 heavy (non-hydrogen) atoms. The first-order chi connectivity index (χ1) is 6.39. The van der Waals surface area contributed by atoms with Gasteiger partial charge in [-0.15, -0.1) is 0 Å². The van der Waals surface area contributed by atoms with Crippen LogP contribution in [0, 0.1) is 0 Å². The average Bonchev–Trinajstić information content (AvgIpc) is 2.02. The van der Waals surface area contributed by atoms with Crippen LogP contribution < -0.4 is 0 Å². The lowest BCUT2D eigenvalue weighted by molar-refractivity contribution is -0.244. The lowest BCUT2D eigenvalue weighted by atomic mass is 10.3. The first-order valence-electron chi connectivity index (χ1n) is 2.72. The molecule has 0 spiro atoms. The van der Waals surface area contributed by atoms with Gasteiger partial charge < -0.3 is 9.11 Å². The summed E-state index contributed by atoms with van der Waals surface area (Å²) >= 11 is -9.51. The molecule has 1 N–H and O–H groups in total. The number of hydrogen-bond donors (Lipinski definition) is 1. The van der Waals surface area contributed by atoms with Gasteiger partial charge in [0.25, 0.3) is 0 Å². The molecule has 0 aromatic carbocycles. The second kappa shape index (κ2) is 3.99. The molecule has 0 bridgehead atoms. The number of halogens is 6. The molecule has 92 valence electrons. The summed E-state index contributed by atoms with van der Waals surface area (Å²) in [6, 6.07) is 0. The SMILES string of the molecule is O=S([O-])C(F)(F)C(F)(F)C(F)(F)S(=O)O. The minimum Gasteiger partial charge on any atom is -0.768 e. The zero-order valence-electron chi connectivity index (χ0n) is 6.26. The summed E-state index contributed by atoms with van der Waals surface area (Å²) in [5.41, 5.74) is 0. The summed E-state index contributed by atoms with van der Waals surface area (Å²) in [5, 5.41) is -12.2. The molecule has 12 heteroatoms. The summed E-state index contributed by atoms with van der Waals surface area (Å²) in [7, 11) is 0. The summed E-state index contributed by atoms with van der Waals surface area (Å²) < 4.78 is 109. The van der Waals surface area contributed by atoms with Gasteiger partial charge in [0.1, 0.15) is 0 Å². The fraction of sp³-hybridized carbons (Fsp3) is 1.00. The number of rotatable bonds is 4. The van der Waals surface area contributed by atoms with Crippen molar-refractivity contribution < 1.29 is 43.9 Å². The van der Waals surface area contributed by atoms with Crippen LogP contribution in [0.2, 0.25) is 0 Å². The number of hydrogen-bond acceptors (Lipinski definition) is 3. The largest absolute Gasteiger partial charge is 0.768 e. The van der Waals surface area contributed by atoms with Gasteiger partial charge in [-0.1, -0.05) is 0 Å². The molecule has 0 aromatic heterocycles. The fourth-order valence-electron chi connectivity index (χ4n) is 0.384. The summed E-state index contributed by atoms with van der Waals surface area (Å²) in [5.74, 6) is -6.49. The van der Waals surface area contributed by atoms with E-state index in [0.29, 0.717) is 0 Å². The van der Waals surface area contributed by atoms with Crippen molar-refractivity contribution in [2.75, 3.05) is 0 Å². The molecule has 0 rings (SSSR count). The highest BCUT2D eigenvalue weighted by molar-refractivity contribution is 7.81. The highest BCUT2D eigenvalue weighted by Crippen LogP contribution is 2.48. The van der Waals surface area contributed by atoms with Crippen LogP contribution in [-0.2, 0) is 22.2 Å². The average molecular weight is 279 g/mol. The first-order valence-corrected chi connectivity index (χ1v) is 4.91. The quantitative estimate of drug-likeness (QED) is 0.613. The topological polar surface area (TPSA) is 77.4 Å². The lowest BCUT2D eigenvalue weighted by Gasteiger charge is -2.31. The van der Waals surface area contributed by atoms with Gasteiger partial charge in [-0.2, -0.15) is 26.3 Å². The van der Waals surface area contributed by atoms with E-state index >= 15 is 0 Å². The van der Waals surface area contributed by atoms with E-state index in [2.05, 4.69) is 0 Å². The molecule has 0 heterocycles. The van der Waals surface area contributed by atoms with Crippen molar-refractivity contribution in [2.24, 2.45) is 0 Å². The van der Waals surface area contributed by atoms with Gasteiger partial charge in [-0.25, -0.2) is 4.21 Å². The maximum Gasteiger partial charge on any atom is 0.413 e. The normalized spacial score (nSPS) is 18.7. The maximum absolute atomic E-state index is 12.2.